The van der Waals surface area contributed by atoms with Crippen molar-refractivity contribution in [2.45, 2.75) is 57.8 Å². The van der Waals surface area contributed by atoms with Crippen molar-refractivity contribution in [2.24, 2.45) is 0 Å². The molecule has 1 N–H and O–H groups in total. The van der Waals surface area contributed by atoms with E-state index in [1.807, 2.05) is 43.3 Å². The lowest BCUT2D eigenvalue weighted by atomic mass is 9.85. The molecule has 0 radical (unpaired) electrons. The van der Waals surface area contributed by atoms with Crippen LogP contribution in [-0.4, -0.2) is 69.6 Å². The molecule has 2 heterocycles. The number of methoxy groups -OCH3 is 1. The van der Waals surface area contributed by atoms with Crippen LogP contribution in [-0.2, 0) is 17.9 Å². The molecule has 0 unspecified atom stereocenters. The Morgan fingerprint density at radius 1 is 1.03 bits per heavy atom. The molecule has 3 amide bonds. The van der Waals surface area contributed by atoms with E-state index in [0.29, 0.717) is 25.1 Å². The Bertz CT molecular complexity index is 1170. The van der Waals surface area contributed by atoms with Gasteiger partial charge in [0, 0.05) is 31.7 Å². The number of imide groups is 1. The fourth-order valence-electron chi connectivity index (χ4n) is 5.05. The third-order valence-corrected chi connectivity index (χ3v) is 6.97. The summed E-state index contributed by atoms with van der Waals surface area (Å²) in [6, 6.07) is 15.3. The monoisotopic (exact) mass is 489 g/mol. The van der Waals surface area contributed by atoms with Crippen molar-refractivity contribution >= 4 is 11.9 Å². The Morgan fingerprint density at radius 3 is 2.33 bits per heavy atom. The van der Waals surface area contributed by atoms with E-state index in [0.717, 1.165) is 30.8 Å². The summed E-state index contributed by atoms with van der Waals surface area (Å²) in [4.78, 5) is 32.4. The first-order valence-electron chi connectivity index (χ1n) is 12.5. The molecule has 1 spiro atoms. The minimum Gasteiger partial charge on any atom is -0.497 e. The number of likely N-dealkylation sites (tertiary alicyclic amines) is 1. The summed E-state index contributed by atoms with van der Waals surface area (Å²) in [5.74, 6) is 6.44. The van der Waals surface area contributed by atoms with Crippen LogP contribution in [0, 0.1) is 11.8 Å². The number of rotatable bonds is 6. The highest BCUT2D eigenvalue weighted by Gasteiger charge is 2.57. The van der Waals surface area contributed by atoms with Gasteiger partial charge in [0.25, 0.3) is 5.91 Å². The minimum atomic E-state index is -1.02. The van der Waals surface area contributed by atoms with E-state index in [-0.39, 0.29) is 18.5 Å². The number of carbonyl (C=O) groups excluding carboxylic acids is 2. The van der Waals surface area contributed by atoms with Crippen molar-refractivity contribution in [3.8, 4) is 17.6 Å². The van der Waals surface area contributed by atoms with Crippen LogP contribution in [0.25, 0.3) is 0 Å². The number of likely N-dealkylation sites (N-methyl/N-ethyl adjacent to an activating group) is 1. The average Bonchev–Trinajstić information content (AvgIpc) is 3.05. The maximum atomic E-state index is 13.6. The third-order valence-electron chi connectivity index (χ3n) is 6.97. The van der Waals surface area contributed by atoms with Crippen LogP contribution in [0.1, 0.15) is 50.3 Å². The largest absolute Gasteiger partial charge is 0.497 e. The molecule has 36 heavy (non-hydrogen) atoms. The first-order valence-corrected chi connectivity index (χ1v) is 12.5. The van der Waals surface area contributed by atoms with Crippen LogP contribution < -0.4 is 4.74 Å². The first kappa shape index (κ1) is 25.7. The number of nitrogens with zero attached hydrogens (tertiary/aromatic N) is 3. The molecule has 2 aromatic rings. The molecule has 0 bridgehead atoms. The Hall–Kier alpha value is -3.34. The quantitative estimate of drug-likeness (QED) is 0.496. The minimum absolute atomic E-state index is 0.0912. The molecule has 2 aliphatic heterocycles. The van der Waals surface area contributed by atoms with Crippen LogP contribution >= 0.6 is 0 Å². The Balaban J connectivity index is 1.41. The fraction of sp³-hybridized carbons (Fsp3) is 0.448. The van der Waals surface area contributed by atoms with Gasteiger partial charge in [0.2, 0.25) is 0 Å². The fourth-order valence-corrected chi connectivity index (χ4v) is 5.05. The highest BCUT2D eigenvalue weighted by Crippen LogP contribution is 2.38. The van der Waals surface area contributed by atoms with Gasteiger partial charge in [-0.25, -0.2) is 4.79 Å². The number of urea groups is 1. The number of benzene rings is 2. The lowest BCUT2D eigenvalue weighted by molar-refractivity contribution is -0.136. The molecular weight excluding hydrogens is 454 g/mol. The lowest BCUT2D eigenvalue weighted by Crippen LogP contribution is -2.56. The summed E-state index contributed by atoms with van der Waals surface area (Å²) in [5.41, 5.74) is 1.12. The molecule has 2 aliphatic rings. The average molecular weight is 490 g/mol. The highest BCUT2D eigenvalue weighted by molar-refractivity contribution is 6.07. The number of aliphatic hydroxyl groups is 1. The molecule has 2 fully saturated rings. The maximum Gasteiger partial charge on any atom is 0.327 e. The second-order valence-corrected chi connectivity index (χ2v) is 10.1. The molecular formula is C29H35N3O4. The lowest BCUT2D eigenvalue weighted by Gasteiger charge is -2.42. The van der Waals surface area contributed by atoms with Crippen LogP contribution in [0.3, 0.4) is 0 Å². The summed E-state index contributed by atoms with van der Waals surface area (Å²) in [6.45, 7) is 8.28. The van der Waals surface area contributed by atoms with Crippen molar-refractivity contribution in [2.75, 3.05) is 26.7 Å². The number of piperidine rings is 1. The number of hydrogen-bond acceptors (Lipinski definition) is 5. The molecule has 0 aliphatic carbocycles. The summed E-state index contributed by atoms with van der Waals surface area (Å²) in [5, 5.41) is 9.78. The summed E-state index contributed by atoms with van der Waals surface area (Å²) in [7, 11) is 1.60. The molecule has 0 aromatic heterocycles. The third kappa shape index (κ3) is 5.40. The van der Waals surface area contributed by atoms with Gasteiger partial charge in [-0.15, -0.1) is 0 Å². The van der Waals surface area contributed by atoms with E-state index in [4.69, 9.17) is 4.74 Å². The standard InChI is InChI=1S/C29H35N3O4/c1-5-32-27(34)31(21-24-7-6-8-25(19-24)36-4)26(33)29(32)15-17-30(18-16-29)20-23-11-9-22(10-12-23)13-14-28(2,3)35/h6-12,19,35H,5,15-18,20-21H2,1-4H3. The topological polar surface area (TPSA) is 73.3 Å². The maximum absolute atomic E-state index is 13.6. The predicted molar refractivity (Wildman–Crippen MR) is 138 cm³/mol. The Labute approximate surface area is 213 Å². The molecule has 2 aromatic carbocycles. The van der Waals surface area contributed by atoms with Gasteiger partial charge in [0.15, 0.2) is 0 Å². The van der Waals surface area contributed by atoms with E-state index >= 15 is 0 Å². The van der Waals surface area contributed by atoms with E-state index in [9.17, 15) is 14.7 Å². The molecule has 0 atom stereocenters. The van der Waals surface area contributed by atoms with Gasteiger partial charge in [-0.1, -0.05) is 36.1 Å². The van der Waals surface area contributed by atoms with Crippen LogP contribution in [0.5, 0.6) is 5.75 Å². The predicted octanol–water partition coefficient (Wildman–Crippen LogP) is 3.64. The van der Waals surface area contributed by atoms with Crippen molar-refractivity contribution in [3.63, 3.8) is 0 Å². The number of ether oxygens (including phenoxy) is 1. The van der Waals surface area contributed by atoms with Crippen molar-refractivity contribution in [1.82, 2.24) is 14.7 Å². The van der Waals surface area contributed by atoms with Gasteiger partial charge in [0.1, 0.15) is 16.9 Å². The second kappa shape index (κ2) is 10.3. The molecule has 7 nitrogen and oxygen atoms in total. The van der Waals surface area contributed by atoms with E-state index in [1.54, 1.807) is 25.9 Å². The number of carbonyl (C=O) groups is 2. The van der Waals surface area contributed by atoms with Gasteiger partial charge in [0.05, 0.1) is 13.7 Å². The Kier molecular flexibility index (Phi) is 7.39. The molecule has 4 rings (SSSR count). The van der Waals surface area contributed by atoms with Gasteiger partial charge < -0.3 is 14.7 Å². The second-order valence-electron chi connectivity index (χ2n) is 10.1. The van der Waals surface area contributed by atoms with Crippen LogP contribution in [0.2, 0.25) is 0 Å². The molecule has 190 valence electrons. The van der Waals surface area contributed by atoms with Crippen molar-refractivity contribution in [1.29, 1.82) is 0 Å². The molecule has 2 saturated heterocycles. The Morgan fingerprint density at radius 2 is 1.72 bits per heavy atom. The zero-order valence-corrected chi connectivity index (χ0v) is 21.6. The van der Waals surface area contributed by atoms with Crippen LogP contribution in [0.15, 0.2) is 48.5 Å². The van der Waals surface area contributed by atoms with E-state index in [2.05, 4.69) is 28.9 Å². The number of hydrogen-bond donors (Lipinski definition) is 1. The van der Waals surface area contributed by atoms with E-state index in [1.165, 1.54) is 10.5 Å². The summed E-state index contributed by atoms with van der Waals surface area (Å²) in [6.07, 6.45) is 1.24. The summed E-state index contributed by atoms with van der Waals surface area (Å²) < 4.78 is 5.30. The van der Waals surface area contributed by atoms with Crippen molar-refractivity contribution < 1.29 is 19.4 Å². The van der Waals surface area contributed by atoms with E-state index < -0.39 is 11.1 Å². The van der Waals surface area contributed by atoms with Crippen LogP contribution in [0.4, 0.5) is 4.79 Å². The normalized spacial score (nSPS) is 17.9. The zero-order chi connectivity index (χ0) is 25.9. The molecule has 0 saturated carbocycles. The number of amides is 3. The zero-order valence-electron chi connectivity index (χ0n) is 21.6. The van der Waals surface area contributed by atoms with Gasteiger partial charge in [-0.3, -0.25) is 14.6 Å². The molecule has 7 heteroatoms. The first-order chi connectivity index (χ1) is 17.1. The van der Waals surface area contributed by atoms with Gasteiger partial charge >= 0.3 is 6.03 Å². The van der Waals surface area contributed by atoms with Gasteiger partial charge in [-0.2, -0.15) is 0 Å². The summed E-state index contributed by atoms with van der Waals surface area (Å²) >= 11 is 0. The van der Waals surface area contributed by atoms with Gasteiger partial charge in [-0.05, 0) is 69.0 Å². The van der Waals surface area contributed by atoms with Crippen molar-refractivity contribution in [3.05, 3.63) is 65.2 Å². The highest BCUT2D eigenvalue weighted by atomic mass is 16.5. The SMILES string of the molecule is CCN1C(=O)N(Cc2cccc(OC)c2)C(=O)C12CCN(Cc1ccc(C#CC(C)(C)O)cc1)CC2. The smallest absolute Gasteiger partial charge is 0.327 e.